The van der Waals surface area contributed by atoms with Crippen LogP contribution in [0.5, 0.6) is 11.6 Å². The van der Waals surface area contributed by atoms with E-state index in [1.807, 2.05) is 35.8 Å². The van der Waals surface area contributed by atoms with E-state index in [2.05, 4.69) is 30.9 Å². The second-order valence-corrected chi connectivity index (χ2v) is 5.77. The van der Waals surface area contributed by atoms with Crippen molar-refractivity contribution in [1.29, 1.82) is 0 Å². The zero-order chi connectivity index (χ0) is 16.4. The fourth-order valence-corrected chi connectivity index (χ4v) is 2.87. The van der Waals surface area contributed by atoms with Gasteiger partial charge in [-0.05, 0) is 52.2 Å². The molecule has 0 saturated carbocycles. The normalized spacial score (nSPS) is 11.0. The predicted molar refractivity (Wildman–Crippen MR) is 91.3 cm³/mol. The van der Waals surface area contributed by atoms with Crippen molar-refractivity contribution in [2.75, 3.05) is 13.7 Å². The molecular formula is C15H14BrClN4O2. The molecule has 0 bridgehead atoms. The second kappa shape index (κ2) is 6.72. The molecule has 0 spiro atoms. The molecule has 120 valence electrons. The fraction of sp³-hybridized carbons (Fsp3) is 0.267. The summed E-state index contributed by atoms with van der Waals surface area (Å²) < 4.78 is 13.4. The quantitative estimate of drug-likeness (QED) is 0.485. The number of aromatic nitrogens is 4. The van der Waals surface area contributed by atoms with Gasteiger partial charge in [0.05, 0.1) is 20.3 Å². The van der Waals surface area contributed by atoms with Gasteiger partial charge in [0.25, 0.3) is 0 Å². The first kappa shape index (κ1) is 16.0. The fourth-order valence-electron chi connectivity index (χ4n) is 2.25. The van der Waals surface area contributed by atoms with E-state index in [-0.39, 0.29) is 5.28 Å². The Morgan fingerprint density at radius 3 is 2.57 bits per heavy atom. The number of benzene rings is 1. The lowest BCUT2D eigenvalue weighted by Gasteiger charge is -2.10. The Kier molecular flexibility index (Phi) is 4.68. The van der Waals surface area contributed by atoms with E-state index in [0.29, 0.717) is 34.9 Å². The number of imidazole rings is 1. The van der Waals surface area contributed by atoms with Crippen LogP contribution in [0.25, 0.3) is 11.2 Å². The molecule has 0 saturated heterocycles. The topological polar surface area (TPSA) is 62.1 Å². The van der Waals surface area contributed by atoms with E-state index in [9.17, 15) is 0 Å². The summed E-state index contributed by atoms with van der Waals surface area (Å²) in [7, 11) is 1.64. The minimum Gasteiger partial charge on any atom is -0.497 e. The summed E-state index contributed by atoms with van der Waals surface area (Å²) in [5.74, 6) is 1.24. The van der Waals surface area contributed by atoms with E-state index in [1.165, 1.54) is 0 Å². The maximum Gasteiger partial charge on any atom is 0.244 e. The van der Waals surface area contributed by atoms with Gasteiger partial charge < -0.3 is 14.0 Å². The van der Waals surface area contributed by atoms with E-state index < -0.39 is 0 Å². The first-order valence-electron chi connectivity index (χ1n) is 6.97. The maximum atomic E-state index is 5.93. The van der Waals surface area contributed by atoms with Gasteiger partial charge in [0.2, 0.25) is 11.2 Å². The Morgan fingerprint density at radius 2 is 1.91 bits per heavy atom. The molecule has 23 heavy (non-hydrogen) atoms. The third kappa shape index (κ3) is 3.25. The number of halogens is 2. The number of rotatable bonds is 5. The number of hydrogen-bond acceptors (Lipinski definition) is 5. The number of fused-ring (bicyclic) bond motifs is 1. The van der Waals surface area contributed by atoms with E-state index in [1.54, 1.807) is 7.11 Å². The van der Waals surface area contributed by atoms with Gasteiger partial charge in [-0.3, -0.25) is 0 Å². The Morgan fingerprint density at radius 1 is 1.17 bits per heavy atom. The van der Waals surface area contributed by atoms with Crippen molar-refractivity contribution in [3.63, 3.8) is 0 Å². The van der Waals surface area contributed by atoms with Crippen LogP contribution in [0.4, 0.5) is 0 Å². The Hall–Kier alpha value is -1.86. The van der Waals surface area contributed by atoms with Crippen LogP contribution in [0.15, 0.2) is 29.0 Å². The zero-order valence-corrected chi connectivity index (χ0v) is 14.9. The Labute approximate surface area is 146 Å². The van der Waals surface area contributed by atoms with Gasteiger partial charge in [0.1, 0.15) is 5.75 Å². The van der Waals surface area contributed by atoms with Gasteiger partial charge in [-0.2, -0.15) is 9.97 Å². The van der Waals surface area contributed by atoms with Crippen molar-refractivity contribution in [1.82, 2.24) is 19.5 Å². The largest absolute Gasteiger partial charge is 0.497 e. The molecule has 8 heteroatoms. The maximum absolute atomic E-state index is 5.93. The van der Waals surface area contributed by atoms with Gasteiger partial charge in [0, 0.05) is 0 Å². The van der Waals surface area contributed by atoms with Crippen molar-refractivity contribution in [2.45, 2.75) is 13.5 Å². The summed E-state index contributed by atoms with van der Waals surface area (Å²) in [6.45, 7) is 2.96. The summed E-state index contributed by atoms with van der Waals surface area (Å²) >= 11 is 9.40. The molecule has 0 unspecified atom stereocenters. The molecule has 0 aliphatic rings. The van der Waals surface area contributed by atoms with Crippen LogP contribution in [0, 0.1) is 0 Å². The first-order chi connectivity index (χ1) is 11.1. The molecule has 0 N–H and O–H groups in total. The van der Waals surface area contributed by atoms with Crippen molar-refractivity contribution in [2.24, 2.45) is 0 Å². The lowest BCUT2D eigenvalue weighted by Crippen LogP contribution is -2.04. The van der Waals surface area contributed by atoms with Crippen LogP contribution >= 0.6 is 27.5 Å². The smallest absolute Gasteiger partial charge is 0.244 e. The molecule has 0 amide bonds. The third-order valence-corrected chi connectivity index (χ3v) is 4.05. The predicted octanol–water partition coefficient (Wildman–Crippen LogP) is 3.70. The van der Waals surface area contributed by atoms with Crippen molar-refractivity contribution < 1.29 is 9.47 Å². The second-order valence-electron chi connectivity index (χ2n) is 4.72. The molecule has 3 aromatic rings. The molecule has 6 nitrogen and oxygen atoms in total. The lowest BCUT2D eigenvalue weighted by molar-refractivity contribution is 0.329. The summed E-state index contributed by atoms with van der Waals surface area (Å²) in [5.41, 5.74) is 2.29. The van der Waals surface area contributed by atoms with Crippen LogP contribution in [-0.2, 0) is 6.54 Å². The number of ether oxygens (including phenoxy) is 2. The van der Waals surface area contributed by atoms with Crippen LogP contribution in [0.1, 0.15) is 12.5 Å². The highest BCUT2D eigenvalue weighted by molar-refractivity contribution is 9.10. The monoisotopic (exact) mass is 396 g/mol. The summed E-state index contributed by atoms with van der Waals surface area (Å²) in [6.07, 6.45) is 0. The highest BCUT2D eigenvalue weighted by atomic mass is 79.9. The minimum absolute atomic E-state index is 0.113. The molecular weight excluding hydrogens is 384 g/mol. The number of nitrogens with zero attached hydrogens (tertiary/aromatic N) is 4. The molecule has 0 atom stereocenters. The average Bonchev–Trinajstić information content (AvgIpc) is 2.84. The molecule has 0 aliphatic heterocycles. The van der Waals surface area contributed by atoms with Crippen LogP contribution < -0.4 is 9.47 Å². The van der Waals surface area contributed by atoms with E-state index in [0.717, 1.165) is 11.3 Å². The van der Waals surface area contributed by atoms with Crippen LogP contribution in [0.3, 0.4) is 0 Å². The Bertz CT molecular complexity index is 836. The SMILES string of the molecule is CCOc1nc(Cl)nc2nc(Br)n(Cc3ccc(OC)cc3)c12. The van der Waals surface area contributed by atoms with Crippen molar-refractivity contribution in [3.05, 3.63) is 39.8 Å². The third-order valence-electron chi connectivity index (χ3n) is 3.28. The average molecular weight is 398 g/mol. The van der Waals surface area contributed by atoms with Gasteiger partial charge in [-0.15, -0.1) is 0 Å². The molecule has 0 aliphatic carbocycles. The molecule has 3 rings (SSSR count). The first-order valence-corrected chi connectivity index (χ1v) is 8.14. The number of methoxy groups -OCH3 is 1. The van der Waals surface area contributed by atoms with E-state index in [4.69, 9.17) is 21.1 Å². The molecule has 0 radical (unpaired) electrons. The summed E-state index contributed by atoms with van der Waals surface area (Å²) in [5, 5.41) is 0.113. The van der Waals surface area contributed by atoms with E-state index >= 15 is 0 Å². The zero-order valence-electron chi connectivity index (χ0n) is 12.6. The molecule has 2 aromatic heterocycles. The Balaban J connectivity index is 2.06. The number of hydrogen-bond donors (Lipinski definition) is 0. The van der Waals surface area contributed by atoms with Crippen LogP contribution in [-0.4, -0.2) is 33.2 Å². The highest BCUT2D eigenvalue weighted by Crippen LogP contribution is 2.28. The van der Waals surface area contributed by atoms with Gasteiger partial charge in [-0.25, -0.2) is 4.98 Å². The molecule has 1 aromatic carbocycles. The summed E-state index contributed by atoms with van der Waals surface area (Å²) in [4.78, 5) is 12.7. The minimum atomic E-state index is 0.113. The van der Waals surface area contributed by atoms with Gasteiger partial charge in [0.15, 0.2) is 15.9 Å². The van der Waals surface area contributed by atoms with Crippen LogP contribution in [0.2, 0.25) is 5.28 Å². The lowest BCUT2D eigenvalue weighted by atomic mass is 10.2. The standard InChI is InChI=1S/C15H14BrClN4O2/c1-3-23-13-11-12(19-15(17)20-13)18-14(16)21(11)8-9-4-6-10(22-2)7-5-9/h4-7H,3,8H2,1-2H3. The van der Waals surface area contributed by atoms with Gasteiger partial charge in [-0.1, -0.05) is 12.1 Å². The highest BCUT2D eigenvalue weighted by Gasteiger charge is 2.18. The summed E-state index contributed by atoms with van der Waals surface area (Å²) in [6, 6.07) is 7.82. The van der Waals surface area contributed by atoms with Crippen molar-refractivity contribution >= 4 is 38.7 Å². The molecule has 0 fully saturated rings. The van der Waals surface area contributed by atoms with Gasteiger partial charge >= 0.3 is 0 Å². The molecule has 2 heterocycles. The van der Waals surface area contributed by atoms with Crippen molar-refractivity contribution in [3.8, 4) is 11.6 Å².